The summed E-state index contributed by atoms with van der Waals surface area (Å²) in [6.45, 7) is 46.5. The zero-order valence-corrected chi connectivity index (χ0v) is 77.0. The van der Waals surface area contributed by atoms with Crippen molar-refractivity contribution in [1.29, 1.82) is 0 Å². The van der Waals surface area contributed by atoms with Crippen LogP contribution in [0.15, 0.2) is 226 Å². The van der Waals surface area contributed by atoms with E-state index in [-0.39, 0.29) is 55.3 Å². The summed E-state index contributed by atoms with van der Waals surface area (Å²) in [4.78, 5) is 33.7. The first-order chi connectivity index (χ1) is 55.8. The van der Waals surface area contributed by atoms with Gasteiger partial charge in [-0.2, -0.15) is 0 Å². The maximum atomic E-state index is 5.98. The Bertz CT molecular complexity index is 3210. The van der Waals surface area contributed by atoms with Gasteiger partial charge in [0.05, 0.1) is 0 Å². The van der Waals surface area contributed by atoms with Crippen LogP contribution in [-0.2, 0) is 38.5 Å². The van der Waals surface area contributed by atoms with E-state index in [9.17, 15) is 0 Å². The van der Waals surface area contributed by atoms with E-state index in [4.69, 9.17) is 34.4 Å². The molecule has 0 aliphatic carbocycles. The van der Waals surface area contributed by atoms with E-state index in [0.717, 1.165) is 100 Å². The molecule has 0 saturated carbocycles. The fraction of sp³-hybridized carbons (Fsp3) is 0.574. The highest BCUT2D eigenvalue weighted by Crippen LogP contribution is 2.27. The van der Waals surface area contributed by atoms with Crippen LogP contribution in [0.1, 0.15) is 328 Å². The highest BCUT2D eigenvalue weighted by Gasteiger charge is 2.16. The lowest BCUT2D eigenvalue weighted by Crippen LogP contribution is -2.26. The Labute approximate surface area is 751 Å². The molecular weight excluding hydrogens is 1490 g/mol. The summed E-state index contributed by atoms with van der Waals surface area (Å²) in [5, 5.41) is 0. The zero-order valence-electron chi connectivity index (χ0n) is 77.0. The van der Waals surface area contributed by atoms with Gasteiger partial charge in [0.2, 0.25) is 0 Å². The summed E-state index contributed by atoms with van der Waals surface area (Å²) >= 11 is 0. The second-order valence-corrected chi connectivity index (χ2v) is 35.3. The molecule has 0 amide bonds. The quantitative estimate of drug-likeness (QED) is 0.0213. The van der Waals surface area contributed by atoms with Gasteiger partial charge in [-0.15, -0.1) is 0 Å². The SMILES string of the molecule is C.C.C.C.C.CC(C)C(N)CCc1ccccc1.CC(C)C(N)CCc1ccccn1.CC(C)C(N)CCc1cccnc1.CC(C)CC(N)Cc1cccnc1.CC(C)C[C@@H](N)Cc1cccnc1.CC(C)C[C@H](N)Cc1cccnc1.CCC(CC(C)C)c1ccccn1.CC[C@@H](CC(C)C)c1ccccn1.CC[C@H](CC(C)C)c1ccccn1. The molecule has 5 unspecified atom stereocenters. The van der Waals surface area contributed by atoms with Crippen LogP contribution in [0.25, 0.3) is 0 Å². The largest absolute Gasteiger partial charge is 0.327 e. The number of aromatic nitrogens is 8. The zero-order chi connectivity index (χ0) is 87.1. The first-order valence-corrected chi connectivity index (χ1v) is 44.6. The Morgan fingerprint density at radius 3 is 0.721 bits per heavy atom. The van der Waals surface area contributed by atoms with Crippen LogP contribution < -0.4 is 34.4 Å². The normalized spacial score (nSPS) is 12.7. The number of pyridine rings is 8. The molecular formula is C108H186N14. The molecule has 1 aromatic carbocycles. The third kappa shape index (κ3) is 65.8. The van der Waals surface area contributed by atoms with E-state index in [1.165, 1.54) is 83.4 Å². The van der Waals surface area contributed by atoms with E-state index >= 15 is 0 Å². The molecule has 0 spiro atoms. The topological polar surface area (TPSA) is 259 Å². The van der Waals surface area contributed by atoms with E-state index in [1.54, 1.807) is 24.8 Å². The van der Waals surface area contributed by atoms with Crippen molar-refractivity contribution in [1.82, 2.24) is 39.9 Å². The molecule has 122 heavy (non-hydrogen) atoms. The molecule has 12 N–H and O–H groups in total. The summed E-state index contributed by atoms with van der Waals surface area (Å²) in [5.41, 5.74) is 47.0. The number of aryl methyl sites for hydroxylation is 3. The van der Waals surface area contributed by atoms with Crippen LogP contribution in [0.4, 0.5) is 0 Å². The van der Waals surface area contributed by atoms with Gasteiger partial charge in [0.25, 0.3) is 0 Å². The van der Waals surface area contributed by atoms with Crippen LogP contribution in [0.5, 0.6) is 0 Å². The van der Waals surface area contributed by atoms with Gasteiger partial charge in [-0.1, -0.05) is 261 Å². The molecule has 0 radical (unpaired) electrons. The minimum atomic E-state index is 0. The molecule has 0 aliphatic heterocycles. The van der Waals surface area contributed by atoms with Crippen LogP contribution in [0.2, 0.25) is 0 Å². The molecule has 0 aliphatic rings. The Balaban J connectivity index is -0.000000419. The van der Waals surface area contributed by atoms with Gasteiger partial charge in [-0.3, -0.25) is 39.9 Å². The van der Waals surface area contributed by atoms with Gasteiger partial charge >= 0.3 is 0 Å². The average Bonchev–Trinajstić information content (AvgIpc) is 0.887. The number of nitrogens with two attached hydrogens (primary N) is 6. The molecule has 9 atom stereocenters. The summed E-state index contributed by atoms with van der Waals surface area (Å²) in [7, 11) is 0. The summed E-state index contributed by atoms with van der Waals surface area (Å²) in [6, 6.07) is 53.0. The second kappa shape index (κ2) is 76.8. The smallest absolute Gasteiger partial charge is 0.0434 e. The van der Waals surface area contributed by atoms with Crippen LogP contribution in [-0.4, -0.2) is 76.1 Å². The van der Waals surface area contributed by atoms with Crippen LogP contribution >= 0.6 is 0 Å². The minimum Gasteiger partial charge on any atom is -0.327 e. The third-order valence-corrected chi connectivity index (χ3v) is 20.2. The summed E-state index contributed by atoms with van der Waals surface area (Å²) in [5.74, 6) is 7.92. The Kier molecular flexibility index (Phi) is 77.2. The summed E-state index contributed by atoms with van der Waals surface area (Å²) in [6.07, 6.45) is 41.8. The molecule has 14 heteroatoms. The molecule has 8 heterocycles. The maximum absolute atomic E-state index is 5.98. The minimum absolute atomic E-state index is 0. The first-order valence-electron chi connectivity index (χ1n) is 44.6. The lowest BCUT2D eigenvalue weighted by molar-refractivity contribution is 0.462. The molecule has 9 aromatic rings. The molecule has 0 saturated heterocycles. The average molecular weight is 1680 g/mol. The molecule has 0 bridgehead atoms. The van der Waals surface area contributed by atoms with Crippen molar-refractivity contribution >= 4 is 0 Å². The highest BCUT2D eigenvalue weighted by atomic mass is 14.7. The lowest BCUT2D eigenvalue weighted by atomic mass is 9.92. The van der Waals surface area contributed by atoms with E-state index in [2.05, 4.69) is 270 Å². The van der Waals surface area contributed by atoms with E-state index < -0.39 is 0 Å². The van der Waals surface area contributed by atoms with Gasteiger partial charge in [0, 0.05) is 151 Å². The summed E-state index contributed by atoms with van der Waals surface area (Å²) < 4.78 is 0. The van der Waals surface area contributed by atoms with Gasteiger partial charge in [-0.25, -0.2) is 0 Å². The van der Waals surface area contributed by atoms with Crippen molar-refractivity contribution < 1.29 is 0 Å². The standard InChI is InChI=1S/4C12H19N.5C11H18N2.5CH4/c1-10(2)12(13)9-8-11-6-4-3-5-7-11;3*1-4-11(9-10(2)3)12-7-5-6-8-13-12;1-9(2)11(12)6-5-10-4-3-7-13-8-10;3*1-9(2)6-11(12)7-10-4-3-5-13-8-10;1-9(2)11(12)7-6-10-5-3-4-8-13-10;;;;;/h3-7,10,12H,8-9,13H2,1-2H3;3*5-8,10-11H,4,9H2,1-3H3;3-4,7-9,11H,5-6,12H2,1-2H3;4*3-5,8-9,11H,6-7,12H2,1-2H3;5*1H4/t;2*11-;;;2*11-;;;;;;;/m.10..10......./s1. The number of benzene rings is 1. The van der Waals surface area contributed by atoms with Gasteiger partial charge in [-0.05, 0) is 269 Å². The van der Waals surface area contributed by atoms with Crippen molar-refractivity contribution in [3.05, 3.63) is 277 Å². The van der Waals surface area contributed by atoms with E-state index in [0.29, 0.717) is 71.4 Å². The number of hydrogen-bond acceptors (Lipinski definition) is 14. The van der Waals surface area contributed by atoms with Gasteiger partial charge < -0.3 is 34.4 Å². The van der Waals surface area contributed by atoms with Crippen molar-refractivity contribution in [3.8, 4) is 0 Å². The maximum Gasteiger partial charge on any atom is 0.0434 e. The number of rotatable bonds is 36. The van der Waals surface area contributed by atoms with Crippen molar-refractivity contribution in [3.63, 3.8) is 0 Å². The second-order valence-electron chi connectivity index (χ2n) is 35.3. The molecule has 8 aromatic heterocycles. The molecule has 9 rings (SSSR count). The van der Waals surface area contributed by atoms with Gasteiger partial charge in [0.1, 0.15) is 0 Å². The Morgan fingerprint density at radius 1 is 0.246 bits per heavy atom. The Morgan fingerprint density at radius 2 is 0.492 bits per heavy atom. The molecule has 14 nitrogen and oxygen atoms in total. The number of nitrogens with zero attached hydrogens (tertiary/aromatic N) is 8. The van der Waals surface area contributed by atoms with Crippen molar-refractivity contribution in [2.75, 3.05) is 0 Å². The molecule has 688 valence electrons. The predicted molar refractivity (Wildman–Crippen MR) is 538 cm³/mol. The number of hydrogen-bond donors (Lipinski definition) is 6. The van der Waals surface area contributed by atoms with E-state index in [1.807, 2.05) is 116 Å². The lowest BCUT2D eigenvalue weighted by Gasteiger charge is -2.16. The van der Waals surface area contributed by atoms with Crippen LogP contribution in [0.3, 0.4) is 0 Å². The van der Waals surface area contributed by atoms with Crippen molar-refractivity contribution in [2.45, 2.75) is 352 Å². The fourth-order valence-corrected chi connectivity index (χ4v) is 13.3. The highest BCUT2D eigenvalue weighted by molar-refractivity contribution is 5.17. The first kappa shape index (κ1) is 123. The predicted octanol–water partition coefficient (Wildman–Crippen LogP) is 26.6. The van der Waals surface area contributed by atoms with Crippen molar-refractivity contribution in [2.24, 2.45) is 87.7 Å². The monoisotopic (exact) mass is 1680 g/mol. The third-order valence-electron chi connectivity index (χ3n) is 20.2. The fourth-order valence-electron chi connectivity index (χ4n) is 13.3. The van der Waals surface area contributed by atoms with Crippen LogP contribution in [0, 0.1) is 53.3 Å². The molecule has 0 fully saturated rings. The Hall–Kier alpha value is -7.82. The van der Waals surface area contributed by atoms with Gasteiger partial charge in [0.15, 0.2) is 0 Å².